The molecule has 0 aromatic heterocycles. The second-order valence-electron chi connectivity index (χ2n) is 5.09. The number of amides is 1. The lowest BCUT2D eigenvalue weighted by Gasteiger charge is -2.19. The molecule has 0 fully saturated rings. The van der Waals surface area contributed by atoms with Crippen molar-refractivity contribution in [3.05, 3.63) is 0 Å². The molecular weight excluding hydrogens is 261 g/mol. The molecule has 5 nitrogen and oxygen atoms in total. The first-order chi connectivity index (χ1) is 8.10. The summed E-state index contributed by atoms with van der Waals surface area (Å²) in [5, 5.41) is 2.59. The van der Waals surface area contributed by atoms with E-state index in [2.05, 4.69) is 5.32 Å². The average molecular weight is 283 g/mol. The summed E-state index contributed by atoms with van der Waals surface area (Å²) in [5.41, 5.74) is -0.514. The van der Waals surface area contributed by atoms with Gasteiger partial charge in [0, 0.05) is 6.54 Å². The summed E-state index contributed by atoms with van der Waals surface area (Å²) in [5.74, 6) is -0.424. The molecule has 7 heteroatoms. The number of ether oxygens (including phenoxy) is 1. The topological polar surface area (TPSA) is 72.5 Å². The molecule has 0 spiro atoms. The number of unbranched alkanes of at least 4 members (excludes halogenated alkanes) is 3. The van der Waals surface area contributed by atoms with Crippen LogP contribution in [0.2, 0.25) is 0 Å². The summed E-state index contributed by atoms with van der Waals surface area (Å²) in [6.07, 6.45) is 1.93. The van der Waals surface area contributed by atoms with Crippen LogP contribution < -0.4 is 5.32 Å². The van der Waals surface area contributed by atoms with Crippen molar-refractivity contribution in [2.45, 2.75) is 52.1 Å². The number of carbonyl (C=O) groups excluding carboxylic acids is 1. The van der Waals surface area contributed by atoms with Gasteiger partial charge in [-0.05, 0) is 33.6 Å². The quantitative estimate of drug-likeness (QED) is 0.575. The lowest BCUT2D eigenvalue weighted by molar-refractivity contribution is 0.0527. The minimum absolute atomic E-state index is 0.311. The minimum Gasteiger partial charge on any atom is -0.444 e. The van der Waals surface area contributed by atoms with Crippen LogP contribution in [-0.4, -0.2) is 32.4 Å². The van der Waals surface area contributed by atoms with Gasteiger partial charge in [0.1, 0.15) is 5.60 Å². The Morgan fingerprint density at radius 2 is 1.72 bits per heavy atom. The molecule has 0 rings (SSSR count). The number of hydrogen-bond acceptors (Lipinski definition) is 4. The molecule has 108 valence electrons. The first-order valence-electron chi connectivity index (χ1n) is 5.99. The molecule has 0 atom stereocenters. The fourth-order valence-corrected chi connectivity index (χ4v) is 1.81. The highest BCUT2D eigenvalue weighted by atomic mass is 32.3. The number of rotatable bonds is 7. The van der Waals surface area contributed by atoms with Crippen LogP contribution in [-0.2, 0) is 15.0 Å². The molecule has 1 N–H and O–H groups in total. The Morgan fingerprint density at radius 3 is 2.22 bits per heavy atom. The average Bonchev–Trinajstić information content (AvgIpc) is 2.11. The Balaban J connectivity index is 3.44. The molecule has 0 radical (unpaired) electrons. The highest BCUT2D eigenvalue weighted by Gasteiger charge is 2.15. The molecule has 18 heavy (non-hydrogen) atoms. The number of nitrogens with one attached hydrogen (secondary N) is 1. The van der Waals surface area contributed by atoms with Gasteiger partial charge >= 0.3 is 16.3 Å². The summed E-state index contributed by atoms with van der Waals surface area (Å²) in [6.45, 7) is 5.81. The van der Waals surface area contributed by atoms with E-state index in [1.54, 1.807) is 20.8 Å². The summed E-state index contributed by atoms with van der Waals surface area (Å²) >= 11 is 0. The van der Waals surface area contributed by atoms with Crippen LogP contribution in [0.4, 0.5) is 8.68 Å². The molecular formula is C11H22FNO4S. The van der Waals surface area contributed by atoms with Crippen LogP contribution in [0.25, 0.3) is 0 Å². The number of carbonyl (C=O) groups is 1. The van der Waals surface area contributed by atoms with E-state index < -0.39 is 27.7 Å². The SMILES string of the molecule is CC(C)(C)OC(=O)NCCCCCCS(=O)(=O)F. The molecule has 0 bridgehead atoms. The molecule has 0 unspecified atom stereocenters. The van der Waals surface area contributed by atoms with E-state index in [-0.39, 0.29) is 0 Å². The van der Waals surface area contributed by atoms with E-state index in [4.69, 9.17) is 4.74 Å². The Labute approximate surface area is 108 Å². The van der Waals surface area contributed by atoms with Crippen LogP contribution in [0.1, 0.15) is 46.5 Å². The van der Waals surface area contributed by atoms with Crippen molar-refractivity contribution >= 4 is 16.3 Å². The van der Waals surface area contributed by atoms with Crippen molar-refractivity contribution in [3.63, 3.8) is 0 Å². The second kappa shape index (κ2) is 7.56. The fraction of sp³-hybridized carbons (Fsp3) is 0.909. The van der Waals surface area contributed by atoms with Crippen molar-refractivity contribution in [2.24, 2.45) is 0 Å². The highest BCUT2D eigenvalue weighted by Crippen LogP contribution is 2.07. The van der Waals surface area contributed by atoms with Crippen LogP contribution in [0.15, 0.2) is 0 Å². The predicted octanol–water partition coefficient (Wildman–Crippen LogP) is 2.37. The van der Waals surface area contributed by atoms with Crippen LogP contribution in [0.3, 0.4) is 0 Å². The molecule has 0 saturated carbocycles. The minimum atomic E-state index is -4.34. The maximum absolute atomic E-state index is 12.1. The third kappa shape index (κ3) is 13.2. The second-order valence-corrected chi connectivity index (χ2v) is 6.57. The van der Waals surface area contributed by atoms with Crippen molar-refractivity contribution in [1.29, 1.82) is 0 Å². The predicted molar refractivity (Wildman–Crippen MR) is 67.6 cm³/mol. The molecule has 0 heterocycles. The van der Waals surface area contributed by atoms with Gasteiger partial charge in [-0.1, -0.05) is 12.8 Å². The summed E-state index contributed by atoms with van der Waals surface area (Å²) in [4.78, 5) is 11.2. The van der Waals surface area contributed by atoms with Gasteiger partial charge in [-0.25, -0.2) is 4.79 Å². The van der Waals surface area contributed by atoms with Crippen LogP contribution >= 0.6 is 0 Å². The fourth-order valence-electron chi connectivity index (χ4n) is 1.26. The monoisotopic (exact) mass is 283 g/mol. The van der Waals surface area contributed by atoms with Gasteiger partial charge in [0.05, 0.1) is 5.75 Å². The lowest BCUT2D eigenvalue weighted by Crippen LogP contribution is -2.32. The van der Waals surface area contributed by atoms with Gasteiger partial charge in [0.2, 0.25) is 0 Å². The standard InChI is InChI=1S/C11H22FNO4S/c1-11(2,3)17-10(14)13-8-6-4-5-7-9-18(12,15)16/h4-9H2,1-3H3,(H,13,14). The highest BCUT2D eigenvalue weighted by molar-refractivity contribution is 7.86. The summed E-state index contributed by atoms with van der Waals surface area (Å²) < 4.78 is 37.6. The largest absolute Gasteiger partial charge is 0.444 e. The molecule has 0 aromatic rings. The molecule has 0 aliphatic carbocycles. The van der Waals surface area contributed by atoms with Gasteiger partial charge in [-0.2, -0.15) is 8.42 Å². The Bertz CT molecular complexity index is 349. The third-order valence-corrected chi connectivity index (χ3v) is 2.76. The van der Waals surface area contributed by atoms with E-state index in [1.165, 1.54) is 0 Å². The van der Waals surface area contributed by atoms with Crippen LogP contribution in [0.5, 0.6) is 0 Å². The molecule has 1 amide bonds. The number of hydrogen-bond donors (Lipinski definition) is 1. The maximum Gasteiger partial charge on any atom is 0.407 e. The van der Waals surface area contributed by atoms with Gasteiger partial charge in [0.15, 0.2) is 0 Å². The zero-order chi connectivity index (χ0) is 14.2. The van der Waals surface area contributed by atoms with Gasteiger partial charge in [-0.3, -0.25) is 0 Å². The van der Waals surface area contributed by atoms with Gasteiger partial charge in [0.25, 0.3) is 0 Å². The smallest absolute Gasteiger partial charge is 0.407 e. The zero-order valence-corrected chi connectivity index (χ0v) is 12.0. The van der Waals surface area contributed by atoms with E-state index in [9.17, 15) is 17.1 Å². The van der Waals surface area contributed by atoms with Crippen molar-refractivity contribution < 1.29 is 21.8 Å². The van der Waals surface area contributed by atoms with Gasteiger partial charge in [-0.15, -0.1) is 3.89 Å². The maximum atomic E-state index is 12.1. The number of alkyl carbamates (subject to hydrolysis) is 1. The molecule has 0 aliphatic rings. The first kappa shape index (κ1) is 17.2. The Morgan fingerprint density at radius 1 is 1.17 bits per heavy atom. The van der Waals surface area contributed by atoms with E-state index in [0.717, 1.165) is 6.42 Å². The third-order valence-electron chi connectivity index (χ3n) is 1.98. The molecule has 0 aliphatic heterocycles. The van der Waals surface area contributed by atoms with E-state index in [1.807, 2.05) is 0 Å². The number of halogens is 1. The Kier molecular flexibility index (Phi) is 7.20. The van der Waals surface area contributed by atoms with Crippen LogP contribution in [0, 0.1) is 0 Å². The van der Waals surface area contributed by atoms with E-state index >= 15 is 0 Å². The lowest BCUT2D eigenvalue weighted by atomic mass is 10.2. The first-order valence-corrected chi connectivity index (χ1v) is 7.54. The zero-order valence-electron chi connectivity index (χ0n) is 11.2. The van der Waals surface area contributed by atoms with Crippen molar-refractivity contribution in [3.8, 4) is 0 Å². The van der Waals surface area contributed by atoms with Gasteiger partial charge < -0.3 is 10.1 Å². The normalized spacial score (nSPS) is 12.2. The van der Waals surface area contributed by atoms with E-state index in [0.29, 0.717) is 25.8 Å². The van der Waals surface area contributed by atoms with Crippen molar-refractivity contribution in [1.82, 2.24) is 5.32 Å². The summed E-state index contributed by atoms with van der Waals surface area (Å²) in [7, 11) is -4.34. The van der Waals surface area contributed by atoms with Crippen molar-refractivity contribution in [2.75, 3.05) is 12.3 Å². The molecule has 0 saturated heterocycles. The summed E-state index contributed by atoms with van der Waals surface area (Å²) in [6, 6.07) is 0. The Hall–Kier alpha value is -0.850. The molecule has 0 aromatic carbocycles.